The molecular weight excluding hydrogens is 274 g/mol. The summed E-state index contributed by atoms with van der Waals surface area (Å²) in [5.41, 5.74) is 3.62. The first-order chi connectivity index (χ1) is 10.5. The number of fused-ring (bicyclic) bond motifs is 1. The fourth-order valence-electron chi connectivity index (χ4n) is 2.62. The second kappa shape index (κ2) is 5.53. The molecule has 0 saturated carbocycles. The lowest BCUT2D eigenvalue weighted by Crippen LogP contribution is -2.12. The number of amides is 1. The number of anilines is 1. The Balaban J connectivity index is 1.90. The Morgan fingerprint density at radius 2 is 1.50 bits per heavy atom. The highest BCUT2D eigenvalue weighted by molar-refractivity contribution is 6.06. The van der Waals surface area contributed by atoms with E-state index < -0.39 is 0 Å². The van der Waals surface area contributed by atoms with Gasteiger partial charge in [0.05, 0.1) is 0 Å². The molecule has 110 valence electrons. The molecule has 0 atom stereocenters. The van der Waals surface area contributed by atoms with Crippen molar-refractivity contribution < 1.29 is 9.90 Å². The molecule has 3 nitrogen and oxygen atoms in total. The van der Waals surface area contributed by atoms with Gasteiger partial charge in [0.25, 0.3) is 5.91 Å². The quantitative estimate of drug-likeness (QED) is 0.734. The molecule has 0 unspecified atom stereocenters. The Morgan fingerprint density at radius 3 is 2.23 bits per heavy atom. The summed E-state index contributed by atoms with van der Waals surface area (Å²) in [4.78, 5) is 12.4. The number of benzene rings is 3. The van der Waals surface area contributed by atoms with Gasteiger partial charge in [0, 0.05) is 11.3 Å². The summed E-state index contributed by atoms with van der Waals surface area (Å²) in [7, 11) is 0. The van der Waals surface area contributed by atoms with Gasteiger partial charge in [-0.2, -0.15) is 0 Å². The van der Waals surface area contributed by atoms with Crippen molar-refractivity contribution >= 4 is 22.4 Å². The second-order valence-electron chi connectivity index (χ2n) is 5.58. The molecule has 3 heteroatoms. The third-order valence-corrected chi connectivity index (χ3v) is 3.57. The topological polar surface area (TPSA) is 49.3 Å². The van der Waals surface area contributed by atoms with Gasteiger partial charge in [0.2, 0.25) is 0 Å². The van der Waals surface area contributed by atoms with Crippen LogP contribution in [0.5, 0.6) is 5.75 Å². The van der Waals surface area contributed by atoms with Gasteiger partial charge in [-0.3, -0.25) is 4.79 Å². The van der Waals surface area contributed by atoms with Gasteiger partial charge in [0.15, 0.2) is 0 Å². The number of aromatic hydroxyl groups is 1. The van der Waals surface area contributed by atoms with Crippen LogP contribution in [0.2, 0.25) is 0 Å². The molecule has 0 spiro atoms. The van der Waals surface area contributed by atoms with Crippen LogP contribution in [0, 0.1) is 13.8 Å². The Kier molecular flexibility index (Phi) is 3.55. The number of hydrogen-bond donors (Lipinski definition) is 2. The van der Waals surface area contributed by atoms with E-state index in [0.29, 0.717) is 5.56 Å². The zero-order chi connectivity index (χ0) is 15.7. The Labute approximate surface area is 129 Å². The molecular formula is C19H17NO2. The number of rotatable bonds is 2. The highest BCUT2D eigenvalue weighted by atomic mass is 16.3. The Bertz CT molecular complexity index is 848. The Hall–Kier alpha value is -2.81. The zero-order valence-corrected chi connectivity index (χ0v) is 12.6. The number of phenolic OH excluding ortho intramolecular Hbond substituents is 1. The van der Waals surface area contributed by atoms with Crippen molar-refractivity contribution in [1.29, 1.82) is 0 Å². The number of nitrogens with one attached hydrogen (secondary N) is 1. The van der Waals surface area contributed by atoms with E-state index in [1.807, 2.05) is 38.1 Å². The summed E-state index contributed by atoms with van der Waals surface area (Å²) < 4.78 is 0. The van der Waals surface area contributed by atoms with E-state index in [4.69, 9.17) is 0 Å². The first-order valence-corrected chi connectivity index (χ1v) is 7.14. The monoisotopic (exact) mass is 291 g/mol. The van der Waals surface area contributed by atoms with Crippen LogP contribution in [-0.2, 0) is 0 Å². The number of phenols is 1. The largest absolute Gasteiger partial charge is 0.508 e. The number of hydrogen-bond acceptors (Lipinski definition) is 2. The van der Waals surface area contributed by atoms with E-state index in [0.717, 1.165) is 27.6 Å². The van der Waals surface area contributed by atoms with Crippen molar-refractivity contribution in [2.45, 2.75) is 13.8 Å². The maximum absolute atomic E-state index is 12.4. The summed E-state index contributed by atoms with van der Waals surface area (Å²) in [5, 5.41) is 14.2. The average Bonchev–Trinajstić information content (AvgIpc) is 2.45. The Morgan fingerprint density at radius 1 is 0.864 bits per heavy atom. The molecule has 1 amide bonds. The molecule has 0 radical (unpaired) electrons. The third kappa shape index (κ3) is 2.93. The van der Waals surface area contributed by atoms with Gasteiger partial charge >= 0.3 is 0 Å². The predicted octanol–water partition coefficient (Wildman–Crippen LogP) is 4.41. The normalized spacial score (nSPS) is 10.6. The maximum Gasteiger partial charge on any atom is 0.255 e. The molecule has 0 heterocycles. The summed E-state index contributed by atoms with van der Waals surface area (Å²) in [6, 6.07) is 16.5. The van der Waals surface area contributed by atoms with Crippen molar-refractivity contribution in [2.24, 2.45) is 0 Å². The predicted molar refractivity (Wildman–Crippen MR) is 89.5 cm³/mol. The first-order valence-electron chi connectivity index (χ1n) is 7.14. The molecule has 0 aromatic heterocycles. The van der Waals surface area contributed by atoms with E-state index in [1.54, 1.807) is 24.3 Å². The van der Waals surface area contributed by atoms with Crippen molar-refractivity contribution in [3.63, 3.8) is 0 Å². The van der Waals surface area contributed by atoms with Gasteiger partial charge in [-0.05, 0) is 72.1 Å². The summed E-state index contributed by atoms with van der Waals surface area (Å²) >= 11 is 0. The van der Waals surface area contributed by atoms with E-state index >= 15 is 0 Å². The molecule has 0 bridgehead atoms. The lowest BCUT2D eigenvalue weighted by Gasteiger charge is -2.08. The maximum atomic E-state index is 12.4. The second-order valence-corrected chi connectivity index (χ2v) is 5.58. The van der Waals surface area contributed by atoms with Crippen LogP contribution in [-0.4, -0.2) is 11.0 Å². The minimum atomic E-state index is -0.139. The van der Waals surface area contributed by atoms with E-state index in [9.17, 15) is 9.90 Å². The van der Waals surface area contributed by atoms with Crippen LogP contribution in [0.15, 0.2) is 54.6 Å². The van der Waals surface area contributed by atoms with E-state index in [-0.39, 0.29) is 11.7 Å². The first kappa shape index (κ1) is 14.1. The van der Waals surface area contributed by atoms with Gasteiger partial charge < -0.3 is 10.4 Å². The summed E-state index contributed by atoms with van der Waals surface area (Å²) in [6.07, 6.45) is 0. The average molecular weight is 291 g/mol. The van der Waals surface area contributed by atoms with Crippen molar-refractivity contribution in [3.05, 3.63) is 71.3 Å². The fraction of sp³-hybridized carbons (Fsp3) is 0.105. The molecule has 22 heavy (non-hydrogen) atoms. The number of aryl methyl sites for hydroxylation is 2. The standard InChI is InChI=1S/C19H17NO2/c1-12-7-13(2)9-17(8-12)20-19(22)16-4-3-15-11-18(21)6-5-14(15)10-16/h3-11,21H,1-2H3,(H,20,22). The molecule has 0 aliphatic rings. The molecule has 3 aromatic carbocycles. The smallest absolute Gasteiger partial charge is 0.255 e. The molecule has 0 fully saturated rings. The highest BCUT2D eigenvalue weighted by Gasteiger charge is 2.08. The van der Waals surface area contributed by atoms with E-state index in [2.05, 4.69) is 11.4 Å². The highest BCUT2D eigenvalue weighted by Crippen LogP contribution is 2.22. The molecule has 3 rings (SSSR count). The lowest BCUT2D eigenvalue weighted by atomic mass is 10.1. The van der Waals surface area contributed by atoms with Crippen LogP contribution in [0.3, 0.4) is 0 Å². The molecule has 3 aromatic rings. The lowest BCUT2D eigenvalue weighted by molar-refractivity contribution is 0.102. The van der Waals surface area contributed by atoms with Crippen LogP contribution < -0.4 is 5.32 Å². The zero-order valence-electron chi connectivity index (χ0n) is 12.6. The van der Waals surface area contributed by atoms with Crippen molar-refractivity contribution in [1.82, 2.24) is 0 Å². The molecule has 0 aliphatic carbocycles. The van der Waals surface area contributed by atoms with Gasteiger partial charge in [-0.15, -0.1) is 0 Å². The van der Waals surface area contributed by atoms with Gasteiger partial charge in [0.1, 0.15) is 5.75 Å². The summed E-state index contributed by atoms with van der Waals surface area (Å²) in [6.45, 7) is 4.01. The van der Waals surface area contributed by atoms with Crippen LogP contribution >= 0.6 is 0 Å². The SMILES string of the molecule is Cc1cc(C)cc(NC(=O)c2ccc3cc(O)ccc3c2)c1. The van der Waals surface area contributed by atoms with Crippen molar-refractivity contribution in [3.8, 4) is 5.75 Å². The molecule has 0 saturated heterocycles. The van der Waals surface area contributed by atoms with Gasteiger partial charge in [-0.25, -0.2) is 0 Å². The molecule has 0 aliphatic heterocycles. The van der Waals surface area contributed by atoms with E-state index in [1.165, 1.54) is 0 Å². The minimum absolute atomic E-state index is 0.139. The molecule has 2 N–H and O–H groups in total. The number of carbonyl (C=O) groups excluding carboxylic acids is 1. The minimum Gasteiger partial charge on any atom is -0.508 e. The third-order valence-electron chi connectivity index (χ3n) is 3.57. The number of carbonyl (C=O) groups is 1. The van der Waals surface area contributed by atoms with Crippen molar-refractivity contribution in [2.75, 3.05) is 5.32 Å². The van der Waals surface area contributed by atoms with Crippen LogP contribution in [0.4, 0.5) is 5.69 Å². The van der Waals surface area contributed by atoms with Crippen LogP contribution in [0.1, 0.15) is 21.5 Å². The van der Waals surface area contributed by atoms with Gasteiger partial charge in [-0.1, -0.05) is 18.2 Å². The van der Waals surface area contributed by atoms with Crippen LogP contribution in [0.25, 0.3) is 10.8 Å². The fourth-order valence-corrected chi connectivity index (χ4v) is 2.62. The summed E-state index contributed by atoms with van der Waals surface area (Å²) in [5.74, 6) is 0.0833.